The van der Waals surface area contributed by atoms with Gasteiger partial charge in [0.15, 0.2) is 0 Å². The van der Waals surface area contributed by atoms with Gasteiger partial charge in [0.1, 0.15) is 0 Å². The van der Waals surface area contributed by atoms with Crippen LogP contribution in [0.1, 0.15) is 26.7 Å². The van der Waals surface area contributed by atoms with Gasteiger partial charge in [0.05, 0.1) is 12.7 Å². The summed E-state index contributed by atoms with van der Waals surface area (Å²) in [7, 11) is 0. The minimum absolute atomic E-state index is 0.408. The molecule has 2 aliphatic heterocycles. The molecule has 2 aliphatic rings. The van der Waals surface area contributed by atoms with Gasteiger partial charge >= 0.3 is 0 Å². The van der Waals surface area contributed by atoms with Crippen molar-refractivity contribution < 1.29 is 4.74 Å². The molecule has 0 amide bonds. The fourth-order valence-electron chi connectivity index (χ4n) is 3.10. The van der Waals surface area contributed by atoms with Crippen molar-refractivity contribution in [2.24, 2.45) is 0 Å². The lowest BCUT2D eigenvalue weighted by Crippen LogP contribution is -2.50. The van der Waals surface area contributed by atoms with Crippen LogP contribution in [-0.2, 0) is 4.74 Å². The van der Waals surface area contributed by atoms with Gasteiger partial charge in [-0.05, 0) is 32.5 Å². The summed E-state index contributed by atoms with van der Waals surface area (Å²) in [6.45, 7) is 13.4. The Labute approximate surface area is 112 Å². The number of hydrogen-bond acceptors (Lipinski definition) is 4. The monoisotopic (exact) mass is 255 g/mol. The molecule has 2 heterocycles. The van der Waals surface area contributed by atoms with Crippen molar-refractivity contribution in [3.05, 3.63) is 0 Å². The second kappa shape index (κ2) is 7.43. The lowest BCUT2D eigenvalue weighted by atomic mass is 10.1. The smallest absolute Gasteiger partial charge is 0.0829 e. The Bertz CT molecular complexity index is 231. The summed E-state index contributed by atoms with van der Waals surface area (Å²) >= 11 is 0. The van der Waals surface area contributed by atoms with Gasteiger partial charge in [-0.1, -0.05) is 13.8 Å². The molecule has 1 N–H and O–H groups in total. The SMILES string of the molecule is CCCN(CC1CN(CC)CCO1)C1CCNC1. The normalized spacial score (nSPS) is 30.2. The van der Waals surface area contributed by atoms with Gasteiger partial charge in [-0.2, -0.15) is 0 Å². The zero-order valence-electron chi connectivity index (χ0n) is 12.0. The van der Waals surface area contributed by atoms with Crippen LogP contribution in [0.25, 0.3) is 0 Å². The molecule has 2 fully saturated rings. The Morgan fingerprint density at radius 3 is 2.94 bits per heavy atom. The van der Waals surface area contributed by atoms with Crippen LogP contribution < -0.4 is 5.32 Å². The molecule has 0 saturated carbocycles. The van der Waals surface area contributed by atoms with Gasteiger partial charge in [0.25, 0.3) is 0 Å². The predicted octanol–water partition coefficient (Wildman–Crippen LogP) is 0.781. The average Bonchev–Trinajstić information content (AvgIpc) is 2.92. The number of rotatable bonds is 6. The van der Waals surface area contributed by atoms with Gasteiger partial charge in [0, 0.05) is 32.2 Å². The van der Waals surface area contributed by atoms with E-state index in [1.807, 2.05) is 0 Å². The van der Waals surface area contributed by atoms with E-state index >= 15 is 0 Å². The maximum atomic E-state index is 5.94. The van der Waals surface area contributed by atoms with Crippen LogP contribution in [0.3, 0.4) is 0 Å². The standard InChI is InChI=1S/C14H29N3O/c1-3-7-17(13-5-6-15-10-13)12-14-11-16(4-2)8-9-18-14/h13-15H,3-12H2,1-2H3. The maximum absolute atomic E-state index is 5.94. The van der Waals surface area contributed by atoms with Gasteiger partial charge in [0.2, 0.25) is 0 Å². The summed E-state index contributed by atoms with van der Waals surface area (Å²) in [4.78, 5) is 5.15. The third-order valence-corrected chi connectivity index (χ3v) is 4.17. The van der Waals surface area contributed by atoms with Gasteiger partial charge in [-0.15, -0.1) is 0 Å². The lowest BCUT2D eigenvalue weighted by molar-refractivity contribution is -0.0462. The minimum atomic E-state index is 0.408. The second-order valence-electron chi connectivity index (χ2n) is 5.53. The van der Waals surface area contributed by atoms with Crippen molar-refractivity contribution in [2.75, 3.05) is 52.4 Å². The number of ether oxygens (including phenoxy) is 1. The van der Waals surface area contributed by atoms with Gasteiger partial charge in [-0.3, -0.25) is 9.80 Å². The highest BCUT2D eigenvalue weighted by Crippen LogP contribution is 2.13. The van der Waals surface area contributed by atoms with Crippen LogP contribution in [0.4, 0.5) is 0 Å². The van der Waals surface area contributed by atoms with E-state index in [2.05, 4.69) is 29.0 Å². The minimum Gasteiger partial charge on any atom is -0.374 e. The molecule has 2 unspecified atom stereocenters. The molecule has 4 nitrogen and oxygen atoms in total. The molecule has 0 aromatic carbocycles. The molecular formula is C14H29N3O. The molecule has 2 atom stereocenters. The van der Waals surface area contributed by atoms with Gasteiger partial charge < -0.3 is 10.1 Å². The lowest BCUT2D eigenvalue weighted by Gasteiger charge is -2.37. The largest absolute Gasteiger partial charge is 0.374 e. The van der Waals surface area contributed by atoms with E-state index in [-0.39, 0.29) is 0 Å². The molecule has 18 heavy (non-hydrogen) atoms. The van der Waals surface area contributed by atoms with Crippen molar-refractivity contribution in [3.63, 3.8) is 0 Å². The summed E-state index contributed by atoms with van der Waals surface area (Å²) in [5.74, 6) is 0. The Balaban J connectivity index is 1.83. The Morgan fingerprint density at radius 2 is 2.28 bits per heavy atom. The molecule has 0 spiro atoms. The third-order valence-electron chi connectivity index (χ3n) is 4.17. The van der Waals surface area contributed by atoms with E-state index in [9.17, 15) is 0 Å². The first-order chi connectivity index (χ1) is 8.83. The van der Waals surface area contributed by atoms with E-state index in [0.717, 1.165) is 45.4 Å². The van der Waals surface area contributed by atoms with Crippen molar-refractivity contribution in [1.29, 1.82) is 0 Å². The summed E-state index contributed by atoms with van der Waals surface area (Å²) in [5.41, 5.74) is 0. The number of nitrogens with zero attached hydrogens (tertiary/aromatic N) is 2. The Hall–Kier alpha value is -0.160. The summed E-state index contributed by atoms with van der Waals surface area (Å²) in [5, 5.41) is 3.48. The molecule has 0 aromatic heterocycles. The highest BCUT2D eigenvalue weighted by molar-refractivity contribution is 4.83. The third kappa shape index (κ3) is 3.92. The van der Waals surface area contributed by atoms with Crippen LogP contribution >= 0.6 is 0 Å². The van der Waals surface area contributed by atoms with Crippen LogP contribution in [0.5, 0.6) is 0 Å². The fourth-order valence-corrected chi connectivity index (χ4v) is 3.10. The van der Waals surface area contributed by atoms with Crippen molar-refractivity contribution in [2.45, 2.75) is 38.8 Å². The molecule has 0 bridgehead atoms. The molecular weight excluding hydrogens is 226 g/mol. The first kappa shape index (κ1) is 14.3. The van der Waals surface area contributed by atoms with E-state index in [4.69, 9.17) is 4.74 Å². The van der Waals surface area contributed by atoms with Crippen LogP contribution in [0.2, 0.25) is 0 Å². The first-order valence-corrected chi connectivity index (χ1v) is 7.62. The van der Waals surface area contributed by atoms with Crippen molar-refractivity contribution in [3.8, 4) is 0 Å². The quantitative estimate of drug-likeness (QED) is 0.759. The first-order valence-electron chi connectivity index (χ1n) is 7.62. The summed E-state index contributed by atoms with van der Waals surface area (Å²) in [6.07, 6.45) is 2.94. The molecule has 4 heteroatoms. The molecule has 0 aromatic rings. The second-order valence-corrected chi connectivity index (χ2v) is 5.53. The fraction of sp³-hybridized carbons (Fsp3) is 1.00. The van der Waals surface area contributed by atoms with E-state index < -0.39 is 0 Å². The molecule has 0 aliphatic carbocycles. The highest BCUT2D eigenvalue weighted by atomic mass is 16.5. The predicted molar refractivity (Wildman–Crippen MR) is 75.0 cm³/mol. The number of nitrogens with one attached hydrogen (secondary N) is 1. The molecule has 0 radical (unpaired) electrons. The van der Waals surface area contributed by atoms with Crippen molar-refractivity contribution in [1.82, 2.24) is 15.1 Å². The molecule has 106 valence electrons. The zero-order valence-corrected chi connectivity index (χ0v) is 12.0. The Kier molecular flexibility index (Phi) is 5.89. The van der Waals surface area contributed by atoms with E-state index in [1.54, 1.807) is 0 Å². The highest BCUT2D eigenvalue weighted by Gasteiger charge is 2.27. The van der Waals surface area contributed by atoms with Crippen LogP contribution in [0, 0.1) is 0 Å². The number of hydrogen-bond donors (Lipinski definition) is 1. The maximum Gasteiger partial charge on any atom is 0.0829 e. The average molecular weight is 255 g/mol. The van der Waals surface area contributed by atoms with Crippen LogP contribution in [0.15, 0.2) is 0 Å². The van der Waals surface area contributed by atoms with E-state index in [1.165, 1.54) is 25.9 Å². The Morgan fingerprint density at radius 1 is 1.39 bits per heavy atom. The topological polar surface area (TPSA) is 27.7 Å². The molecule has 2 saturated heterocycles. The van der Waals surface area contributed by atoms with E-state index in [0.29, 0.717) is 6.10 Å². The summed E-state index contributed by atoms with van der Waals surface area (Å²) in [6, 6.07) is 0.727. The van der Waals surface area contributed by atoms with Crippen LogP contribution in [-0.4, -0.2) is 74.4 Å². The van der Waals surface area contributed by atoms with Gasteiger partial charge in [-0.25, -0.2) is 0 Å². The molecule has 2 rings (SSSR count). The zero-order chi connectivity index (χ0) is 12.8. The summed E-state index contributed by atoms with van der Waals surface area (Å²) < 4.78 is 5.94. The number of likely N-dealkylation sites (N-methyl/N-ethyl adjacent to an activating group) is 1. The van der Waals surface area contributed by atoms with Crippen molar-refractivity contribution >= 4 is 0 Å². The number of morpholine rings is 1.